The van der Waals surface area contributed by atoms with E-state index in [-0.39, 0.29) is 25.7 Å². The number of phosphoric acid groups is 2. The minimum atomic E-state index is -4.97. The van der Waals surface area contributed by atoms with Gasteiger partial charge in [-0.2, -0.15) is 0 Å². The van der Waals surface area contributed by atoms with E-state index in [1.807, 2.05) is 0 Å². The molecule has 0 bridgehead atoms. The van der Waals surface area contributed by atoms with Crippen LogP contribution in [0.3, 0.4) is 0 Å². The summed E-state index contributed by atoms with van der Waals surface area (Å²) >= 11 is 0. The van der Waals surface area contributed by atoms with Gasteiger partial charge in [-0.1, -0.05) is 374 Å². The van der Waals surface area contributed by atoms with E-state index in [0.29, 0.717) is 25.7 Å². The zero-order valence-corrected chi connectivity index (χ0v) is 69.6. The molecule has 0 spiro atoms. The van der Waals surface area contributed by atoms with E-state index in [0.717, 1.165) is 115 Å². The highest BCUT2D eigenvalue weighted by Gasteiger charge is 2.30. The first-order chi connectivity index (χ1) is 50.4. The molecule has 0 fully saturated rings. The van der Waals surface area contributed by atoms with Crippen LogP contribution in [0.4, 0.5) is 0 Å². The van der Waals surface area contributed by atoms with E-state index >= 15 is 0 Å². The summed E-state index contributed by atoms with van der Waals surface area (Å²) < 4.78 is 68.8. The molecular formula is C85H162O17P2. The number of aliphatic hydroxyl groups excluding tert-OH is 1. The van der Waals surface area contributed by atoms with E-state index in [4.69, 9.17) is 37.0 Å². The minimum Gasteiger partial charge on any atom is -0.462 e. The topological polar surface area (TPSA) is 237 Å². The Kier molecular flexibility index (Phi) is 74.1. The Bertz CT molecular complexity index is 2090. The Morgan fingerprint density at radius 2 is 0.567 bits per heavy atom. The average Bonchev–Trinajstić information content (AvgIpc) is 0.935. The second-order valence-corrected chi connectivity index (χ2v) is 33.5. The van der Waals surface area contributed by atoms with Crippen LogP contribution >= 0.6 is 15.6 Å². The molecule has 0 heterocycles. The zero-order chi connectivity index (χ0) is 76.4. The molecule has 6 atom stereocenters. The maximum atomic E-state index is 13.1. The molecule has 0 saturated heterocycles. The van der Waals surface area contributed by atoms with E-state index < -0.39 is 97.5 Å². The van der Waals surface area contributed by atoms with Crippen molar-refractivity contribution in [2.45, 2.75) is 445 Å². The van der Waals surface area contributed by atoms with Gasteiger partial charge >= 0.3 is 39.5 Å². The summed E-state index contributed by atoms with van der Waals surface area (Å²) in [5, 5.41) is 10.7. The predicted octanol–water partition coefficient (Wildman–Crippen LogP) is 25.4. The van der Waals surface area contributed by atoms with Crippen LogP contribution in [0, 0.1) is 11.8 Å². The molecule has 0 aliphatic heterocycles. The lowest BCUT2D eigenvalue weighted by Gasteiger charge is -2.21. The Morgan fingerprint density at radius 1 is 0.317 bits per heavy atom. The molecule has 104 heavy (non-hydrogen) atoms. The standard InChI is InChI=1S/C85H162O17P2/c1-7-10-12-14-16-18-20-22-24-25-26-27-31-36-40-44-52-58-64-70-84(89)101-80(73-95-82(87)67-61-55-49-42-38-34-32-28-30-33-37-41-47-53-59-65-77(4)5)75-99-103(91,92)97-71-79(86)72-98-104(93,94)100-76-81(74-96-83(88)68-62-56-50-46-45-48-54-60-66-78(6)9-3)102-85(90)69-63-57-51-43-39-35-29-23-21-19-17-15-13-11-8-2/h19,21,23,29,77-81,86H,7-18,20,22,24-28,30-76H2,1-6H3,(H,91,92)(H,93,94)/b21-19-,29-23-/t78?,79-,80-,81-/m1/s1. The summed E-state index contributed by atoms with van der Waals surface area (Å²) in [6.07, 6.45) is 70.1. The number of rotatable bonds is 82. The van der Waals surface area contributed by atoms with E-state index in [1.165, 1.54) is 231 Å². The molecule has 19 heteroatoms. The highest BCUT2D eigenvalue weighted by molar-refractivity contribution is 7.47. The van der Waals surface area contributed by atoms with Crippen LogP contribution in [0.2, 0.25) is 0 Å². The van der Waals surface area contributed by atoms with Crippen molar-refractivity contribution in [1.82, 2.24) is 0 Å². The van der Waals surface area contributed by atoms with Gasteiger partial charge in [0, 0.05) is 25.7 Å². The molecule has 0 rings (SSSR count). The van der Waals surface area contributed by atoms with Gasteiger partial charge in [-0.3, -0.25) is 37.3 Å². The second-order valence-electron chi connectivity index (χ2n) is 30.6. The maximum Gasteiger partial charge on any atom is 0.472 e. The number of phosphoric ester groups is 2. The molecule has 0 amide bonds. The van der Waals surface area contributed by atoms with Gasteiger partial charge in [0.05, 0.1) is 26.4 Å². The van der Waals surface area contributed by atoms with E-state index in [9.17, 15) is 43.2 Å². The smallest absolute Gasteiger partial charge is 0.462 e. The molecule has 614 valence electrons. The van der Waals surface area contributed by atoms with Crippen LogP contribution in [0.5, 0.6) is 0 Å². The fourth-order valence-corrected chi connectivity index (χ4v) is 14.3. The molecule has 0 aliphatic carbocycles. The summed E-state index contributed by atoms with van der Waals surface area (Å²) in [7, 11) is -9.94. The lowest BCUT2D eigenvalue weighted by molar-refractivity contribution is -0.161. The monoisotopic (exact) mass is 1520 g/mol. The third kappa shape index (κ3) is 76.3. The van der Waals surface area contributed by atoms with Crippen LogP contribution < -0.4 is 0 Å². The maximum absolute atomic E-state index is 13.1. The summed E-state index contributed by atoms with van der Waals surface area (Å²) in [6.45, 7) is 9.62. The average molecular weight is 1520 g/mol. The van der Waals surface area contributed by atoms with Gasteiger partial charge in [0.15, 0.2) is 12.2 Å². The molecule has 3 unspecified atom stereocenters. The fraction of sp³-hybridized carbons (Fsp3) is 0.906. The summed E-state index contributed by atoms with van der Waals surface area (Å²) in [6, 6.07) is 0. The quantitative estimate of drug-likeness (QED) is 0.0169. The van der Waals surface area contributed by atoms with Crippen molar-refractivity contribution in [3.63, 3.8) is 0 Å². The Hall–Kier alpha value is -2.46. The Balaban J connectivity index is 5.29. The number of hydrogen-bond acceptors (Lipinski definition) is 15. The van der Waals surface area contributed by atoms with Gasteiger partial charge in [-0.05, 0) is 63.2 Å². The molecule has 0 radical (unpaired) electrons. The minimum absolute atomic E-state index is 0.0848. The highest BCUT2D eigenvalue weighted by atomic mass is 31.2. The fourth-order valence-electron chi connectivity index (χ4n) is 12.7. The zero-order valence-electron chi connectivity index (χ0n) is 67.8. The van der Waals surface area contributed by atoms with Gasteiger partial charge < -0.3 is 33.8 Å². The van der Waals surface area contributed by atoms with Crippen LogP contribution in [-0.4, -0.2) is 96.7 Å². The van der Waals surface area contributed by atoms with E-state index in [2.05, 4.69) is 65.8 Å². The molecule has 0 saturated carbocycles. The Morgan fingerprint density at radius 3 is 0.865 bits per heavy atom. The number of aliphatic hydroxyl groups is 1. The van der Waals surface area contributed by atoms with Gasteiger partial charge in [0.25, 0.3) is 0 Å². The van der Waals surface area contributed by atoms with Gasteiger partial charge in [-0.15, -0.1) is 0 Å². The normalized spacial score (nSPS) is 14.2. The van der Waals surface area contributed by atoms with Crippen molar-refractivity contribution in [3.05, 3.63) is 24.3 Å². The first-order valence-corrected chi connectivity index (χ1v) is 46.3. The molecule has 0 aromatic heterocycles. The van der Waals surface area contributed by atoms with Crippen molar-refractivity contribution >= 4 is 39.5 Å². The summed E-state index contributed by atoms with van der Waals surface area (Å²) in [5.74, 6) is -0.554. The summed E-state index contributed by atoms with van der Waals surface area (Å²) in [5.41, 5.74) is 0. The van der Waals surface area contributed by atoms with Crippen molar-refractivity contribution < 1.29 is 80.2 Å². The Labute approximate surface area is 637 Å². The van der Waals surface area contributed by atoms with E-state index in [1.54, 1.807) is 0 Å². The first-order valence-electron chi connectivity index (χ1n) is 43.3. The number of allylic oxidation sites excluding steroid dienone is 4. The number of ether oxygens (including phenoxy) is 4. The number of carbonyl (C=O) groups excluding carboxylic acids is 4. The van der Waals surface area contributed by atoms with Crippen molar-refractivity contribution in [2.75, 3.05) is 39.6 Å². The SMILES string of the molecule is CCCCCC/C=C\C=C/CCCCCCCC(=O)O[C@H](COC(=O)CCCCCCCCCCC(C)CC)COP(=O)(O)OC[C@H](O)COP(=O)(O)OC[C@@H](COC(=O)CCCCCCCCCCCCCCCCCC(C)C)OC(=O)CCCCCCCCCCCCCCCCCCCCC. The predicted molar refractivity (Wildman–Crippen MR) is 427 cm³/mol. The van der Waals surface area contributed by atoms with Gasteiger partial charge in [0.2, 0.25) is 0 Å². The van der Waals surface area contributed by atoms with Crippen LogP contribution in [0.15, 0.2) is 24.3 Å². The molecular weight excluding hydrogens is 1350 g/mol. The second kappa shape index (κ2) is 75.9. The first kappa shape index (κ1) is 102. The molecule has 17 nitrogen and oxygen atoms in total. The molecule has 3 N–H and O–H groups in total. The molecule has 0 aromatic rings. The third-order valence-corrected chi connectivity index (χ3v) is 21.6. The number of esters is 4. The lowest BCUT2D eigenvalue weighted by atomic mass is 9.99. The lowest BCUT2D eigenvalue weighted by Crippen LogP contribution is -2.30. The number of hydrogen-bond donors (Lipinski definition) is 3. The van der Waals surface area contributed by atoms with Gasteiger partial charge in [-0.25, -0.2) is 9.13 Å². The van der Waals surface area contributed by atoms with Crippen molar-refractivity contribution in [3.8, 4) is 0 Å². The summed E-state index contributed by atoms with van der Waals surface area (Å²) in [4.78, 5) is 73.2. The van der Waals surface area contributed by atoms with Crippen LogP contribution in [-0.2, 0) is 65.4 Å². The number of unbranched alkanes of at least 4 members (excludes halogenated alkanes) is 48. The number of carbonyl (C=O) groups is 4. The third-order valence-electron chi connectivity index (χ3n) is 19.7. The van der Waals surface area contributed by atoms with Crippen molar-refractivity contribution in [1.29, 1.82) is 0 Å². The van der Waals surface area contributed by atoms with Crippen LogP contribution in [0.1, 0.15) is 427 Å². The highest BCUT2D eigenvalue weighted by Crippen LogP contribution is 2.45. The van der Waals surface area contributed by atoms with Crippen LogP contribution in [0.25, 0.3) is 0 Å². The van der Waals surface area contributed by atoms with Gasteiger partial charge in [0.1, 0.15) is 19.3 Å². The molecule has 0 aliphatic rings. The largest absolute Gasteiger partial charge is 0.472 e. The van der Waals surface area contributed by atoms with Crippen molar-refractivity contribution in [2.24, 2.45) is 11.8 Å². The molecule has 0 aromatic carbocycles.